The van der Waals surface area contributed by atoms with Crippen molar-refractivity contribution in [3.05, 3.63) is 29.8 Å². The zero-order valence-electron chi connectivity index (χ0n) is 13.3. The molecule has 0 bridgehead atoms. The van der Waals surface area contributed by atoms with Crippen molar-refractivity contribution in [2.75, 3.05) is 44.8 Å². The molecule has 2 fully saturated rings. The van der Waals surface area contributed by atoms with Gasteiger partial charge in [-0.2, -0.15) is 0 Å². The van der Waals surface area contributed by atoms with Crippen molar-refractivity contribution < 1.29 is 9.53 Å². The first-order chi connectivity index (χ1) is 10.8. The number of nitrogens with one attached hydrogen (secondary N) is 1. The van der Waals surface area contributed by atoms with E-state index in [0.29, 0.717) is 6.54 Å². The van der Waals surface area contributed by atoms with E-state index in [1.54, 1.807) is 0 Å². The molecule has 22 heavy (non-hydrogen) atoms. The minimum atomic E-state index is 0.000508. The molecule has 1 amide bonds. The number of carbonyl (C=O) groups excluding carboxylic acids is 1. The summed E-state index contributed by atoms with van der Waals surface area (Å²) in [5.41, 5.74) is 2.43. The van der Waals surface area contributed by atoms with E-state index in [4.69, 9.17) is 4.74 Å². The van der Waals surface area contributed by atoms with Crippen LogP contribution < -0.4 is 10.2 Å². The average Bonchev–Trinajstić information content (AvgIpc) is 3.10. The van der Waals surface area contributed by atoms with E-state index in [0.717, 1.165) is 45.7 Å². The Bertz CT molecular complexity index is 508. The largest absolute Gasteiger partial charge is 0.378 e. The van der Waals surface area contributed by atoms with Crippen LogP contribution in [0.15, 0.2) is 24.3 Å². The molecule has 2 aliphatic rings. The van der Waals surface area contributed by atoms with Crippen molar-refractivity contribution in [1.29, 1.82) is 0 Å². The molecule has 1 aromatic carbocycles. The van der Waals surface area contributed by atoms with Crippen LogP contribution in [-0.4, -0.2) is 56.7 Å². The number of likely N-dealkylation sites (N-methyl/N-ethyl adjacent to an activating group) is 1. The van der Waals surface area contributed by atoms with Gasteiger partial charge in [-0.15, -0.1) is 0 Å². The van der Waals surface area contributed by atoms with Crippen molar-refractivity contribution in [2.24, 2.45) is 0 Å². The SMILES string of the molecule is CN(Cc1ccccc1N1CCOCC1)C(=O)C1CCCN1. The van der Waals surface area contributed by atoms with Crippen molar-refractivity contribution in [3.8, 4) is 0 Å². The summed E-state index contributed by atoms with van der Waals surface area (Å²) in [6.07, 6.45) is 2.04. The molecule has 1 N–H and O–H groups in total. The fraction of sp³-hybridized carbons (Fsp3) is 0.588. The molecule has 0 aliphatic carbocycles. The molecular formula is C17H25N3O2. The van der Waals surface area contributed by atoms with E-state index in [1.165, 1.54) is 11.3 Å². The number of hydrogen-bond donors (Lipinski definition) is 1. The highest BCUT2D eigenvalue weighted by molar-refractivity contribution is 5.82. The highest BCUT2D eigenvalue weighted by atomic mass is 16.5. The van der Waals surface area contributed by atoms with Gasteiger partial charge in [0.1, 0.15) is 0 Å². The molecule has 2 heterocycles. The van der Waals surface area contributed by atoms with Crippen LogP contribution in [0, 0.1) is 0 Å². The third-order valence-corrected chi connectivity index (χ3v) is 4.49. The van der Waals surface area contributed by atoms with Gasteiger partial charge in [-0.3, -0.25) is 4.79 Å². The van der Waals surface area contributed by atoms with Gasteiger partial charge in [-0.25, -0.2) is 0 Å². The summed E-state index contributed by atoms with van der Waals surface area (Å²) >= 11 is 0. The first-order valence-electron chi connectivity index (χ1n) is 8.14. The van der Waals surface area contributed by atoms with E-state index in [1.807, 2.05) is 18.0 Å². The average molecular weight is 303 g/mol. The van der Waals surface area contributed by atoms with Gasteiger partial charge in [0.25, 0.3) is 0 Å². The number of rotatable bonds is 4. The molecule has 2 saturated heterocycles. The molecule has 1 atom stereocenters. The van der Waals surface area contributed by atoms with E-state index in [2.05, 4.69) is 28.4 Å². The van der Waals surface area contributed by atoms with Crippen LogP contribution in [0.5, 0.6) is 0 Å². The fourth-order valence-electron chi connectivity index (χ4n) is 3.25. The third kappa shape index (κ3) is 3.42. The van der Waals surface area contributed by atoms with Gasteiger partial charge in [0, 0.05) is 32.4 Å². The second-order valence-electron chi connectivity index (χ2n) is 6.07. The first-order valence-corrected chi connectivity index (χ1v) is 8.14. The number of hydrogen-bond acceptors (Lipinski definition) is 4. The Morgan fingerprint density at radius 2 is 2.14 bits per heavy atom. The summed E-state index contributed by atoms with van der Waals surface area (Å²) in [6, 6.07) is 8.38. The van der Waals surface area contributed by atoms with Gasteiger partial charge in [0.05, 0.1) is 19.3 Å². The molecule has 1 aromatic rings. The van der Waals surface area contributed by atoms with E-state index < -0.39 is 0 Å². The van der Waals surface area contributed by atoms with E-state index in [9.17, 15) is 4.79 Å². The molecule has 5 nitrogen and oxygen atoms in total. The number of carbonyl (C=O) groups is 1. The number of anilines is 1. The lowest BCUT2D eigenvalue weighted by Gasteiger charge is -2.31. The van der Waals surface area contributed by atoms with Gasteiger partial charge in [-0.1, -0.05) is 18.2 Å². The molecule has 120 valence electrons. The maximum atomic E-state index is 12.5. The lowest BCUT2D eigenvalue weighted by molar-refractivity contribution is -0.132. The Morgan fingerprint density at radius 3 is 2.86 bits per heavy atom. The minimum Gasteiger partial charge on any atom is -0.378 e. The van der Waals surface area contributed by atoms with Crippen LogP contribution in [0.1, 0.15) is 18.4 Å². The fourth-order valence-corrected chi connectivity index (χ4v) is 3.25. The predicted molar refractivity (Wildman–Crippen MR) is 87.0 cm³/mol. The number of morpholine rings is 1. The molecule has 0 saturated carbocycles. The summed E-state index contributed by atoms with van der Waals surface area (Å²) in [5.74, 6) is 0.203. The van der Waals surface area contributed by atoms with Crippen LogP contribution >= 0.6 is 0 Å². The predicted octanol–water partition coefficient (Wildman–Crippen LogP) is 1.23. The summed E-state index contributed by atoms with van der Waals surface area (Å²) in [4.78, 5) is 16.7. The molecule has 5 heteroatoms. The van der Waals surface area contributed by atoms with Gasteiger partial charge in [-0.05, 0) is 31.0 Å². The lowest BCUT2D eigenvalue weighted by atomic mass is 10.1. The molecule has 3 rings (SSSR count). The molecule has 2 aliphatic heterocycles. The van der Waals surface area contributed by atoms with Crippen molar-refractivity contribution >= 4 is 11.6 Å². The van der Waals surface area contributed by atoms with Gasteiger partial charge in [0.15, 0.2) is 0 Å². The molecule has 1 unspecified atom stereocenters. The standard InChI is InChI=1S/C17H25N3O2/c1-19(17(21)15-6-4-8-18-15)13-14-5-2-3-7-16(14)20-9-11-22-12-10-20/h2-3,5,7,15,18H,4,6,8-13H2,1H3. The third-order valence-electron chi connectivity index (χ3n) is 4.49. The summed E-state index contributed by atoms with van der Waals surface area (Å²) < 4.78 is 5.43. The van der Waals surface area contributed by atoms with Crippen molar-refractivity contribution in [3.63, 3.8) is 0 Å². The number of nitrogens with zero attached hydrogens (tertiary/aromatic N) is 2. The summed E-state index contributed by atoms with van der Waals surface area (Å²) in [5, 5.41) is 3.28. The van der Waals surface area contributed by atoms with Gasteiger partial charge in [0.2, 0.25) is 5.91 Å². The highest BCUT2D eigenvalue weighted by Gasteiger charge is 2.25. The highest BCUT2D eigenvalue weighted by Crippen LogP contribution is 2.23. The normalized spacial score (nSPS) is 21.9. The van der Waals surface area contributed by atoms with E-state index in [-0.39, 0.29) is 11.9 Å². The van der Waals surface area contributed by atoms with Crippen molar-refractivity contribution in [2.45, 2.75) is 25.4 Å². The molecular weight excluding hydrogens is 278 g/mol. The second-order valence-corrected chi connectivity index (χ2v) is 6.07. The summed E-state index contributed by atoms with van der Waals surface area (Å²) in [7, 11) is 1.90. The molecule has 0 spiro atoms. The Labute approximate surface area is 132 Å². The number of amides is 1. The monoisotopic (exact) mass is 303 g/mol. The first kappa shape index (κ1) is 15.3. The Kier molecular flexibility index (Phi) is 4.95. The van der Waals surface area contributed by atoms with Gasteiger partial charge < -0.3 is 19.9 Å². The van der Waals surface area contributed by atoms with Crippen LogP contribution in [-0.2, 0) is 16.1 Å². The minimum absolute atomic E-state index is 0.000508. The quantitative estimate of drug-likeness (QED) is 0.909. The van der Waals surface area contributed by atoms with Gasteiger partial charge >= 0.3 is 0 Å². The topological polar surface area (TPSA) is 44.8 Å². The van der Waals surface area contributed by atoms with E-state index >= 15 is 0 Å². The maximum absolute atomic E-state index is 12.5. The van der Waals surface area contributed by atoms with Crippen LogP contribution in [0.2, 0.25) is 0 Å². The van der Waals surface area contributed by atoms with Crippen LogP contribution in [0.3, 0.4) is 0 Å². The zero-order chi connectivity index (χ0) is 15.4. The zero-order valence-corrected chi connectivity index (χ0v) is 13.3. The van der Waals surface area contributed by atoms with Crippen LogP contribution in [0.4, 0.5) is 5.69 Å². The smallest absolute Gasteiger partial charge is 0.239 e. The number of benzene rings is 1. The number of para-hydroxylation sites is 1. The molecule has 0 radical (unpaired) electrons. The Morgan fingerprint density at radius 1 is 1.36 bits per heavy atom. The second kappa shape index (κ2) is 7.11. The summed E-state index contributed by atoms with van der Waals surface area (Å²) in [6.45, 7) is 4.99. The maximum Gasteiger partial charge on any atom is 0.239 e. The Hall–Kier alpha value is -1.59. The van der Waals surface area contributed by atoms with Crippen molar-refractivity contribution in [1.82, 2.24) is 10.2 Å². The Balaban J connectivity index is 1.69. The van der Waals surface area contributed by atoms with Crippen LogP contribution in [0.25, 0.3) is 0 Å². The molecule has 0 aromatic heterocycles. The lowest BCUT2D eigenvalue weighted by Crippen LogP contribution is -2.42. The number of ether oxygens (including phenoxy) is 1.